The number of hydrogen-bond acceptors (Lipinski definition) is 5. The molecule has 7 heteroatoms. The fourth-order valence-corrected chi connectivity index (χ4v) is 4.39. The molecule has 1 aromatic heterocycles. The summed E-state index contributed by atoms with van der Waals surface area (Å²) in [4.78, 5) is 9.12. The highest BCUT2D eigenvalue weighted by Gasteiger charge is 2.17. The predicted molar refractivity (Wildman–Crippen MR) is 127 cm³/mol. The summed E-state index contributed by atoms with van der Waals surface area (Å²) < 4.78 is 5.86. The standard InChI is InChI=1S/C23H26N4OS2/c29-23(27-13-4-12-26(14-15-27)17-22-24-11-16-30-22)25-20-7-9-21(10-8-20)28-18-19-5-2-1-3-6-19/h1-3,5-11,16H,4,12-15,17-18H2,(H,25,29). The van der Waals surface area contributed by atoms with Gasteiger partial charge in [-0.2, -0.15) is 0 Å². The lowest BCUT2D eigenvalue weighted by molar-refractivity contribution is 0.278. The highest BCUT2D eigenvalue weighted by atomic mass is 32.1. The molecule has 1 aliphatic rings. The molecule has 4 rings (SSSR count). The van der Waals surface area contributed by atoms with Gasteiger partial charge in [-0.25, -0.2) is 4.98 Å². The molecule has 0 aliphatic carbocycles. The number of thiazole rings is 1. The van der Waals surface area contributed by atoms with E-state index >= 15 is 0 Å². The van der Waals surface area contributed by atoms with Gasteiger partial charge in [-0.1, -0.05) is 30.3 Å². The number of nitrogens with zero attached hydrogens (tertiary/aromatic N) is 3. The third kappa shape index (κ3) is 6.01. The summed E-state index contributed by atoms with van der Waals surface area (Å²) >= 11 is 7.39. The number of benzene rings is 2. The molecular formula is C23H26N4OS2. The summed E-state index contributed by atoms with van der Waals surface area (Å²) in [6, 6.07) is 18.2. The van der Waals surface area contributed by atoms with Crippen LogP contribution in [-0.4, -0.2) is 46.1 Å². The Labute approximate surface area is 187 Å². The van der Waals surface area contributed by atoms with E-state index in [2.05, 4.69) is 32.2 Å². The Morgan fingerprint density at radius 2 is 1.87 bits per heavy atom. The van der Waals surface area contributed by atoms with E-state index in [1.165, 1.54) is 5.01 Å². The quantitative estimate of drug-likeness (QED) is 0.566. The lowest BCUT2D eigenvalue weighted by Crippen LogP contribution is -2.37. The summed E-state index contributed by atoms with van der Waals surface area (Å²) in [6.45, 7) is 5.46. The molecule has 30 heavy (non-hydrogen) atoms. The highest BCUT2D eigenvalue weighted by molar-refractivity contribution is 7.80. The third-order valence-corrected chi connectivity index (χ3v) is 6.20. The van der Waals surface area contributed by atoms with Gasteiger partial charge in [-0.15, -0.1) is 11.3 Å². The van der Waals surface area contributed by atoms with Crippen LogP contribution < -0.4 is 10.1 Å². The van der Waals surface area contributed by atoms with Crippen molar-refractivity contribution in [3.8, 4) is 5.75 Å². The second-order valence-electron chi connectivity index (χ2n) is 7.27. The first kappa shape index (κ1) is 20.8. The van der Waals surface area contributed by atoms with Gasteiger partial charge < -0.3 is 15.0 Å². The SMILES string of the molecule is S=C(Nc1ccc(OCc2ccccc2)cc1)N1CCCN(Cc2nccs2)CC1. The number of anilines is 1. The molecule has 5 nitrogen and oxygen atoms in total. The average molecular weight is 439 g/mol. The topological polar surface area (TPSA) is 40.6 Å². The zero-order chi connectivity index (χ0) is 20.6. The smallest absolute Gasteiger partial charge is 0.173 e. The Morgan fingerprint density at radius 1 is 1.03 bits per heavy atom. The van der Waals surface area contributed by atoms with E-state index in [9.17, 15) is 0 Å². The number of rotatable bonds is 6. The fourth-order valence-electron chi connectivity index (χ4n) is 3.43. The number of hydrogen-bond donors (Lipinski definition) is 1. The van der Waals surface area contributed by atoms with E-state index < -0.39 is 0 Å². The van der Waals surface area contributed by atoms with E-state index in [0.29, 0.717) is 6.61 Å². The van der Waals surface area contributed by atoms with Crippen molar-refractivity contribution in [2.24, 2.45) is 0 Å². The molecule has 1 N–H and O–H groups in total. The summed E-state index contributed by atoms with van der Waals surface area (Å²) in [5, 5.41) is 7.37. The van der Waals surface area contributed by atoms with Gasteiger partial charge in [-0.3, -0.25) is 4.90 Å². The van der Waals surface area contributed by atoms with Crippen LogP contribution >= 0.6 is 23.6 Å². The molecule has 3 aromatic rings. The van der Waals surface area contributed by atoms with Gasteiger partial charge in [0.1, 0.15) is 17.4 Å². The first-order valence-corrected chi connectivity index (χ1v) is 11.5. The Kier molecular flexibility index (Phi) is 7.29. The normalized spacial score (nSPS) is 14.9. The zero-order valence-electron chi connectivity index (χ0n) is 16.9. The van der Waals surface area contributed by atoms with E-state index in [1.54, 1.807) is 11.3 Å². The van der Waals surface area contributed by atoms with Gasteiger partial charge in [0.2, 0.25) is 0 Å². The zero-order valence-corrected chi connectivity index (χ0v) is 18.5. The van der Waals surface area contributed by atoms with E-state index in [4.69, 9.17) is 17.0 Å². The van der Waals surface area contributed by atoms with Crippen LogP contribution in [0, 0.1) is 0 Å². The molecule has 1 fully saturated rings. The minimum Gasteiger partial charge on any atom is -0.489 e. The molecule has 0 bridgehead atoms. The van der Waals surface area contributed by atoms with Crippen molar-refractivity contribution in [2.45, 2.75) is 19.6 Å². The molecule has 1 aliphatic heterocycles. The Hall–Kier alpha value is -2.48. The Morgan fingerprint density at radius 3 is 2.63 bits per heavy atom. The highest BCUT2D eigenvalue weighted by Crippen LogP contribution is 2.18. The second-order valence-corrected chi connectivity index (χ2v) is 8.64. The minimum atomic E-state index is 0.567. The van der Waals surface area contributed by atoms with Gasteiger partial charge in [0.05, 0.1) is 6.54 Å². The van der Waals surface area contributed by atoms with Gasteiger partial charge in [-0.05, 0) is 48.5 Å². The predicted octanol–water partition coefficient (Wildman–Crippen LogP) is 4.63. The van der Waals surface area contributed by atoms with Crippen LogP contribution in [0.15, 0.2) is 66.2 Å². The van der Waals surface area contributed by atoms with Crippen LogP contribution in [0.3, 0.4) is 0 Å². The van der Waals surface area contributed by atoms with Crippen molar-refractivity contribution in [1.29, 1.82) is 0 Å². The van der Waals surface area contributed by atoms with Crippen molar-refractivity contribution in [3.63, 3.8) is 0 Å². The van der Waals surface area contributed by atoms with Crippen LogP contribution in [0.4, 0.5) is 5.69 Å². The Bertz CT molecular complexity index is 916. The maximum atomic E-state index is 5.86. The van der Waals surface area contributed by atoms with Crippen molar-refractivity contribution in [3.05, 3.63) is 76.7 Å². The molecule has 0 spiro atoms. The lowest BCUT2D eigenvalue weighted by atomic mass is 10.2. The second kappa shape index (κ2) is 10.5. The van der Waals surface area contributed by atoms with Crippen molar-refractivity contribution >= 4 is 34.4 Å². The van der Waals surface area contributed by atoms with Crippen LogP contribution in [0.25, 0.3) is 0 Å². The van der Waals surface area contributed by atoms with Gasteiger partial charge in [0, 0.05) is 43.4 Å². The van der Waals surface area contributed by atoms with Crippen molar-refractivity contribution in [1.82, 2.24) is 14.8 Å². The van der Waals surface area contributed by atoms with Crippen LogP contribution in [-0.2, 0) is 13.2 Å². The summed E-state index contributed by atoms with van der Waals surface area (Å²) in [7, 11) is 0. The molecule has 0 unspecified atom stereocenters. The molecule has 156 valence electrons. The van der Waals surface area contributed by atoms with Crippen LogP contribution in [0.1, 0.15) is 17.0 Å². The first-order chi connectivity index (χ1) is 14.8. The largest absolute Gasteiger partial charge is 0.489 e. The Balaban J connectivity index is 1.25. The first-order valence-electron chi connectivity index (χ1n) is 10.2. The monoisotopic (exact) mass is 438 g/mol. The van der Waals surface area contributed by atoms with Crippen LogP contribution in [0.5, 0.6) is 5.75 Å². The van der Waals surface area contributed by atoms with Crippen molar-refractivity contribution in [2.75, 3.05) is 31.5 Å². The minimum absolute atomic E-state index is 0.567. The fraction of sp³-hybridized carbons (Fsp3) is 0.304. The number of aromatic nitrogens is 1. The molecule has 2 heterocycles. The summed E-state index contributed by atoms with van der Waals surface area (Å²) in [6.07, 6.45) is 2.97. The van der Waals surface area contributed by atoms with Gasteiger partial charge in [0.25, 0.3) is 0 Å². The third-order valence-electron chi connectivity index (χ3n) is 5.07. The maximum Gasteiger partial charge on any atom is 0.173 e. The average Bonchev–Trinajstić information content (AvgIpc) is 3.18. The lowest BCUT2D eigenvalue weighted by Gasteiger charge is -2.24. The van der Waals surface area contributed by atoms with E-state index in [-0.39, 0.29) is 0 Å². The van der Waals surface area contributed by atoms with E-state index in [1.807, 2.05) is 54.0 Å². The molecule has 0 atom stereocenters. The number of thiocarbonyl (C=S) groups is 1. The van der Waals surface area contributed by atoms with Crippen LogP contribution in [0.2, 0.25) is 0 Å². The molecule has 1 saturated heterocycles. The summed E-state index contributed by atoms with van der Waals surface area (Å²) in [5.74, 6) is 0.850. The van der Waals surface area contributed by atoms with Gasteiger partial charge in [0.15, 0.2) is 5.11 Å². The maximum absolute atomic E-state index is 5.86. The van der Waals surface area contributed by atoms with Crippen molar-refractivity contribution < 1.29 is 4.74 Å². The molecule has 0 saturated carbocycles. The molecular weight excluding hydrogens is 412 g/mol. The molecule has 0 radical (unpaired) electrons. The van der Waals surface area contributed by atoms with E-state index in [0.717, 1.165) is 61.3 Å². The summed E-state index contributed by atoms with van der Waals surface area (Å²) in [5.41, 5.74) is 2.14. The number of nitrogens with one attached hydrogen (secondary N) is 1. The van der Waals surface area contributed by atoms with Gasteiger partial charge >= 0.3 is 0 Å². The molecule has 2 aromatic carbocycles. The number of ether oxygens (including phenoxy) is 1. The molecule has 0 amide bonds.